The van der Waals surface area contributed by atoms with Crippen molar-refractivity contribution in [2.75, 3.05) is 5.32 Å². The summed E-state index contributed by atoms with van der Waals surface area (Å²) in [6.07, 6.45) is 2.70. The molecule has 0 aliphatic rings. The van der Waals surface area contributed by atoms with Crippen LogP contribution in [0.2, 0.25) is 0 Å². The van der Waals surface area contributed by atoms with E-state index in [1.165, 1.54) is 41.7 Å². The van der Waals surface area contributed by atoms with Gasteiger partial charge in [0.2, 0.25) is 5.91 Å². The standard InChI is InChI=1S/C17H16N4O4S/c1-11(2)19-20-16(23)14-8-9-26-17(14)18-15(22)7-6-12-4-3-5-13(10-12)21(24)25/h3-10H,1-2H3,(H,18,22)(H,20,23). The first-order chi connectivity index (χ1) is 12.4. The van der Waals surface area contributed by atoms with Crippen molar-refractivity contribution in [2.45, 2.75) is 13.8 Å². The first-order valence-corrected chi connectivity index (χ1v) is 8.37. The normalized spacial score (nSPS) is 10.4. The van der Waals surface area contributed by atoms with Crippen LogP contribution in [0.3, 0.4) is 0 Å². The average molecular weight is 372 g/mol. The Bertz CT molecular complexity index is 898. The molecule has 0 unspecified atom stereocenters. The van der Waals surface area contributed by atoms with E-state index >= 15 is 0 Å². The van der Waals surface area contributed by atoms with E-state index in [0.717, 1.165) is 0 Å². The average Bonchev–Trinajstić information content (AvgIpc) is 3.06. The molecule has 1 aromatic carbocycles. The van der Waals surface area contributed by atoms with E-state index < -0.39 is 16.7 Å². The molecule has 26 heavy (non-hydrogen) atoms. The number of rotatable bonds is 6. The molecular formula is C17H16N4O4S. The Kier molecular flexibility index (Phi) is 6.34. The number of carbonyl (C=O) groups is 2. The van der Waals surface area contributed by atoms with Gasteiger partial charge in [-0.05, 0) is 36.9 Å². The van der Waals surface area contributed by atoms with Gasteiger partial charge in [-0.2, -0.15) is 5.10 Å². The van der Waals surface area contributed by atoms with Crippen LogP contribution >= 0.6 is 11.3 Å². The zero-order chi connectivity index (χ0) is 19.1. The minimum Gasteiger partial charge on any atom is -0.313 e. The molecule has 0 spiro atoms. The number of nitrogens with zero attached hydrogens (tertiary/aromatic N) is 2. The third-order valence-electron chi connectivity index (χ3n) is 3.04. The molecule has 0 saturated heterocycles. The lowest BCUT2D eigenvalue weighted by molar-refractivity contribution is -0.384. The molecular weight excluding hydrogens is 356 g/mol. The molecule has 2 N–H and O–H groups in total. The van der Waals surface area contributed by atoms with E-state index in [2.05, 4.69) is 15.8 Å². The fraction of sp³-hybridized carbons (Fsp3) is 0.118. The largest absolute Gasteiger partial charge is 0.313 e. The monoisotopic (exact) mass is 372 g/mol. The van der Waals surface area contributed by atoms with Crippen molar-refractivity contribution in [3.63, 3.8) is 0 Å². The van der Waals surface area contributed by atoms with Crippen molar-refractivity contribution < 1.29 is 14.5 Å². The van der Waals surface area contributed by atoms with E-state index in [0.29, 0.717) is 21.8 Å². The van der Waals surface area contributed by atoms with Crippen LogP contribution in [0.5, 0.6) is 0 Å². The van der Waals surface area contributed by atoms with Crippen molar-refractivity contribution in [1.82, 2.24) is 5.43 Å². The Morgan fingerprint density at radius 2 is 2.04 bits per heavy atom. The molecule has 2 aromatic rings. The Morgan fingerprint density at radius 3 is 2.73 bits per heavy atom. The maximum Gasteiger partial charge on any atom is 0.274 e. The molecule has 0 bridgehead atoms. The fourth-order valence-electron chi connectivity index (χ4n) is 1.88. The highest BCUT2D eigenvalue weighted by molar-refractivity contribution is 7.14. The van der Waals surface area contributed by atoms with Gasteiger partial charge in [0.1, 0.15) is 5.00 Å². The highest BCUT2D eigenvalue weighted by Crippen LogP contribution is 2.23. The minimum atomic E-state index is -0.506. The molecule has 0 atom stereocenters. The van der Waals surface area contributed by atoms with Gasteiger partial charge in [0, 0.05) is 23.9 Å². The van der Waals surface area contributed by atoms with Gasteiger partial charge in [0.15, 0.2) is 0 Å². The van der Waals surface area contributed by atoms with Gasteiger partial charge in [-0.1, -0.05) is 12.1 Å². The Balaban J connectivity index is 2.06. The summed E-state index contributed by atoms with van der Waals surface area (Å²) in [4.78, 5) is 34.4. The predicted molar refractivity (Wildman–Crippen MR) is 101 cm³/mol. The summed E-state index contributed by atoms with van der Waals surface area (Å²) in [6, 6.07) is 7.49. The first kappa shape index (κ1) is 19.0. The summed E-state index contributed by atoms with van der Waals surface area (Å²) >= 11 is 1.20. The smallest absolute Gasteiger partial charge is 0.274 e. The Morgan fingerprint density at radius 1 is 1.27 bits per heavy atom. The summed E-state index contributed by atoms with van der Waals surface area (Å²) in [6.45, 7) is 3.49. The van der Waals surface area contributed by atoms with Gasteiger partial charge >= 0.3 is 0 Å². The lowest BCUT2D eigenvalue weighted by atomic mass is 10.2. The van der Waals surface area contributed by atoms with Crippen LogP contribution in [0.25, 0.3) is 6.08 Å². The zero-order valence-electron chi connectivity index (χ0n) is 14.1. The van der Waals surface area contributed by atoms with Gasteiger partial charge in [-0.3, -0.25) is 19.7 Å². The van der Waals surface area contributed by atoms with Gasteiger partial charge < -0.3 is 5.32 Å². The number of hydrazone groups is 1. The Labute approximate surface area is 153 Å². The number of non-ortho nitro benzene ring substituents is 1. The van der Waals surface area contributed by atoms with Gasteiger partial charge in [-0.25, -0.2) is 5.43 Å². The van der Waals surface area contributed by atoms with E-state index in [4.69, 9.17) is 0 Å². The summed E-state index contributed by atoms with van der Waals surface area (Å²) in [5.41, 5.74) is 3.85. The number of carbonyl (C=O) groups excluding carboxylic acids is 2. The van der Waals surface area contributed by atoms with Gasteiger partial charge in [-0.15, -0.1) is 11.3 Å². The first-order valence-electron chi connectivity index (χ1n) is 7.49. The van der Waals surface area contributed by atoms with Crippen molar-refractivity contribution in [3.8, 4) is 0 Å². The third kappa shape index (κ3) is 5.35. The van der Waals surface area contributed by atoms with Crippen LogP contribution in [0.1, 0.15) is 29.8 Å². The van der Waals surface area contributed by atoms with Crippen LogP contribution in [0, 0.1) is 10.1 Å². The number of thiophene rings is 1. The molecule has 0 aliphatic carbocycles. The number of hydrogen-bond acceptors (Lipinski definition) is 6. The number of amides is 2. The lowest BCUT2D eigenvalue weighted by Crippen LogP contribution is -2.20. The Hall–Kier alpha value is -3.33. The summed E-state index contributed by atoms with van der Waals surface area (Å²) in [5, 5.41) is 19.3. The molecule has 0 saturated carbocycles. The highest BCUT2D eigenvalue weighted by atomic mass is 32.1. The molecule has 1 aromatic heterocycles. The SMILES string of the molecule is CC(C)=NNC(=O)c1ccsc1NC(=O)C=Cc1cccc([N+](=O)[O-])c1. The second kappa shape index (κ2) is 8.67. The maximum absolute atomic E-state index is 12.1. The molecule has 134 valence electrons. The van der Waals surface area contributed by atoms with E-state index in [-0.39, 0.29) is 5.69 Å². The minimum absolute atomic E-state index is 0.0588. The second-order valence-electron chi connectivity index (χ2n) is 5.34. The molecule has 1 heterocycles. The highest BCUT2D eigenvalue weighted by Gasteiger charge is 2.14. The third-order valence-corrected chi connectivity index (χ3v) is 3.87. The molecule has 0 radical (unpaired) electrons. The van der Waals surface area contributed by atoms with Crippen LogP contribution in [-0.2, 0) is 4.79 Å². The molecule has 0 fully saturated rings. The number of anilines is 1. The topological polar surface area (TPSA) is 114 Å². The molecule has 0 aliphatic heterocycles. The molecule has 8 nitrogen and oxygen atoms in total. The molecule has 2 rings (SSSR count). The van der Waals surface area contributed by atoms with Crippen molar-refractivity contribution >= 4 is 45.6 Å². The van der Waals surface area contributed by atoms with Crippen LogP contribution in [0.15, 0.2) is 46.9 Å². The summed E-state index contributed by atoms with van der Waals surface area (Å²) < 4.78 is 0. The zero-order valence-corrected chi connectivity index (χ0v) is 14.9. The number of hydrogen-bond donors (Lipinski definition) is 2. The molecule has 9 heteroatoms. The van der Waals surface area contributed by atoms with Crippen LogP contribution in [0.4, 0.5) is 10.7 Å². The van der Waals surface area contributed by atoms with E-state index in [1.54, 1.807) is 31.4 Å². The number of benzene rings is 1. The van der Waals surface area contributed by atoms with Crippen molar-refractivity contribution in [1.29, 1.82) is 0 Å². The summed E-state index contributed by atoms with van der Waals surface area (Å²) in [5.74, 6) is -0.881. The number of nitrogens with one attached hydrogen (secondary N) is 2. The van der Waals surface area contributed by atoms with Gasteiger partial charge in [0.05, 0.1) is 10.5 Å². The number of nitro groups is 1. The molecule has 2 amide bonds. The predicted octanol–water partition coefficient (Wildman–Crippen LogP) is 3.43. The maximum atomic E-state index is 12.1. The van der Waals surface area contributed by atoms with Gasteiger partial charge in [0.25, 0.3) is 11.6 Å². The van der Waals surface area contributed by atoms with E-state index in [1.807, 2.05) is 0 Å². The van der Waals surface area contributed by atoms with Crippen molar-refractivity contribution in [2.24, 2.45) is 5.10 Å². The van der Waals surface area contributed by atoms with E-state index in [9.17, 15) is 19.7 Å². The van der Waals surface area contributed by atoms with Crippen LogP contribution in [-0.4, -0.2) is 22.4 Å². The second-order valence-corrected chi connectivity index (χ2v) is 6.25. The van der Waals surface area contributed by atoms with Crippen molar-refractivity contribution in [3.05, 3.63) is 63.0 Å². The lowest BCUT2D eigenvalue weighted by Gasteiger charge is -2.03. The quantitative estimate of drug-likeness (QED) is 0.350. The van der Waals surface area contributed by atoms with Crippen LogP contribution < -0.4 is 10.7 Å². The fourth-order valence-corrected chi connectivity index (χ4v) is 2.66. The number of nitro benzene ring substituents is 1. The summed E-state index contributed by atoms with van der Waals surface area (Å²) in [7, 11) is 0.